The molecule has 8 heteroatoms. The van der Waals surface area contributed by atoms with E-state index in [0.717, 1.165) is 67.4 Å². The average molecular weight is 459 g/mol. The van der Waals surface area contributed by atoms with E-state index in [9.17, 15) is 9.59 Å². The summed E-state index contributed by atoms with van der Waals surface area (Å²) < 4.78 is 0. The van der Waals surface area contributed by atoms with Crippen molar-refractivity contribution in [1.82, 2.24) is 20.6 Å². The Hall–Kier alpha value is -3.65. The number of amides is 2. The molecular formula is C26H30N6O2. The zero-order chi connectivity index (χ0) is 23.5. The van der Waals surface area contributed by atoms with Crippen LogP contribution < -0.4 is 21.3 Å². The second kappa shape index (κ2) is 9.69. The highest BCUT2D eigenvalue weighted by molar-refractivity contribution is 6.00. The summed E-state index contributed by atoms with van der Waals surface area (Å²) in [6.45, 7) is 3.32. The van der Waals surface area contributed by atoms with Crippen LogP contribution in [0, 0.1) is 0 Å². The molecule has 8 nitrogen and oxygen atoms in total. The van der Waals surface area contributed by atoms with Crippen LogP contribution in [0.3, 0.4) is 0 Å². The Balaban J connectivity index is 1.42. The van der Waals surface area contributed by atoms with Gasteiger partial charge in [0.1, 0.15) is 5.82 Å². The highest BCUT2D eigenvalue weighted by Crippen LogP contribution is 2.30. The molecule has 2 amide bonds. The number of hydrogen-bond acceptors (Lipinski definition) is 5. The van der Waals surface area contributed by atoms with Gasteiger partial charge in [0.15, 0.2) is 0 Å². The molecule has 1 aliphatic carbocycles. The van der Waals surface area contributed by atoms with Gasteiger partial charge in [-0.25, -0.2) is 0 Å². The average Bonchev–Trinajstić information content (AvgIpc) is 3.55. The van der Waals surface area contributed by atoms with Gasteiger partial charge >= 0.3 is 0 Å². The Morgan fingerprint density at radius 1 is 1.03 bits per heavy atom. The van der Waals surface area contributed by atoms with Gasteiger partial charge in [-0.1, -0.05) is 25.0 Å². The lowest BCUT2D eigenvalue weighted by Crippen LogP contribution is -2.44. The van der Waals surface area contributed by atoms with E-state index in [-0.39, 0.29) is 11.9 Å². The number of aromatic nitrogens is 2. The van der Waals surface area contributed by atoms with Crippen LogP contribution in [0.25, 0.3) is 22.5 Å². The maximum absolute atomic E-state index is 12.7. The Morgan fingerprint density at radius 3 is 2.59 bits per heavy atom. The molecule has 2 aliphatic rings. The smallest absolute Gasteiger partial charge is 0.252 e. The Morgan fingerprint density at radius 2 is 1.82 bits per heavy atom. The van der Waals surface area contributed by atoms with Crippen molar-refractivity contribution in [3.63, 3.8) is 0 Å². The van der Waals surface area contributed by atoms with E-state index in [4.69, 9.17) is 5.73 Å². The van der Waals surface area contributed by atoms with Gasteiger partial charge in [0.2, 0.25) is 0 Å². The van der Waals surface area contributed by atoms with Gasteiger partial charge in [0.05, 0.1) is 11.3 Å². The monoisotopic (exact) mass is 458 g/mol. The highest BCUT2D eigenvalue weighted by atomic mass is 16.2. The third kappa shape index (κ3) is 4.68. The fraction of sp³-hybridized carbons (Fsp3) is 0.346. The van der Waals surface area contributed by atoms with Crippen molar-refractivity contribution < 1.29 is 9.59 Å². The minimum absolute atomic E-state index is 0.0407. The van der Waals surface area contributed by atoms with Gasteiger partial charge in [-0.2, -0.15) is 0 Å². The number of H-pyrrole nitrogens is 1. The first kappa shape index (κ1) is 22.2. The van der Waals surface area contributed by atoms with Gasteiger partial charge in [0, 0.05) is 60.8 Å². The van der Waals surface area contributed by atoms with Gasteiger partial charge < -0.3 is 26.3 Å². The molecule has 3 aromatic rings. The minimum Gasteiger partial charge on any atom is -0.365 e. The number of hydrogen-bond donors (Lipinski definition) is 4. The number of nitrogens with zero attached hydrogens (tertiary/aromatic N) is 2. The van der Waals surface area contributed by atoms with Crippen molar-refractivity contribution in [3.8, 4) is 22.5 Å². The first-order chi connectivity index (χ1) is 16.6. The Bertz CT molecular complexity index is 1190. The quantitative estimate of drug-likeness (QED) is 0.453. The topological polar surface area (TPSA) is 116 Å². The fourth-order valence-corrected chi connectivity index (χ4v) is 4.84. The lowest BCUT2D eigenvalue weighted by Gasteiger charge is -2.28. The molecule has 0 atom stereocenters. The largest absolute Gasteiger partial charge is 0.365 e. The summed E-state index contributed by atoms with van der Waals surface area (Å²) in [7, 11) is 0. The van der Waals surface area contributed by atoms with Crippen LogP contribution in [-0.2, 0) is 0 Å². The third-order valence-electron chi connectivity index (χ3n) is 6.68. The second-order valence-electron chi connectivity index (χ2n) is 9.01. The number of anilines is 1. The number of piperazine rings is 1. The number of aromatic amines is 1. The summed E-state index contributed by atoms with van der Waals surface area (Å²) in [5.41, 5.74) is 10.1. The minimum atomic E-state index is -0.453. The van der Waals surface area contributed by atoms with Gasteiger partial charge in [-0.05, 0) is 43.2 Å². The zero-order valence-electron chi connectivity index (χ0n) is 19.1. The van der Waals surface area contributed by atoms with Crippen molar-refractivity contribution in [2.24, 2.45) is 5.73 Å². The van der Waals surface area contributed by atoms with Crippen molar-refractivity contribution in [2.75, 3.05) is 31.1 Å². The van der Waals surface area contributed by atoms with Crippen LogP contribution >= 0.6 is 0 Å². The predicted molar refractivity (Wildman–Crippen MR) is 133 cm³/mol. The maximum atomic E-state index is 12.7. The first-order valence-corrected chi connectivity index (χ1v) is 11.9. The molecule has 1 saturated carbocycles. The molecule has 2 aromatic heterocycles. The molecule has 5 rings (SSSR count). The predicted octanol–water partition coefficient (Wildman–Crippen LogP) is 2.92. The van der Waals surface area contributed by atoms with Crippen molar-refractivity contribution >= 4 is 17.6 Å². The van der Waals surface area contributed by atoms with Gasteiger partial charge in [0.25, 0.3) is 11.8 Å². The van der Waals surface area contributed by atoms with Crippen LogP contribution in [0.5, 0.6) is 0 Å². The molecule has 0 unspecified atom stereocenters. The molecule has 0 radical (unpaired) electrons. The van der Waals surface area contributed by atoms with Crippen molar-refractivity contribution in [2.45, 2.75) is 31.7 Å². The number of benzene rings is 1. The number of rotatable bonds is 6. The molecule has 2 fully saturated rings. The van der Waals surface area contributed by atoms with Crippen LogP contribution in [0.15, 0.2) is 48.7 Å². The van der Waals surface area contributed by atoms with Crippen LogP contribution in [0.4, 0.5) is 5.82 Å². The van der Waals surface area contributed by atoms with E-state index in [2.05, 4.69) is 25.5 Å². The lowest BCUT2D eigenvalue weighted by atomic mass is 10.0. The van der Waals surface area contributed by atoms with E-state index < -0.39 is 5.91 Å². The second-order valence-corrected chi connectivity index (χ2v) is 9.01. The molecule has 0 bridgehead atoms. The van der Waals surface area contributed by atoms with E-state index >= 15 is 0 Å². The Kier molecular flexibility index (Phi) is 6.31. The maximum Gasteiger partial charge on any atom is 0.252 e. The van der Waals surface area contributed by atoms with E-state index in [1.54, 1.807) is 6.20 Å². The zero-order valence-corrected chi connectivity index (χ0v) is 19.1. The summed E-state index contributed by atoms with van der Waals surface area (Å²) in [6, 6.07) is 13.5. The normalized spacial score (nSPS) is 16.5. The molecule has 1 saturated heterocycles. The highest BCUT2D eigenvalue weighted by Gasteiger charge is 2.21. The summed E-state index contributed by atoms with van der Waals surface area (Å²) >= 11 is 0. The molecule has 3 heterocycles. The van der Waals surface area contributed by atoms with E-state index in [0.29, 0.717) is 11.1 Å². The number of nitrogens with two attached hydrogens (primary N) is 1. The Labute approximate surface area is 198 Å². The van der Waals surface area contributed by atoms with Crippen LogP contribution in [0.1, 0.15) is 46.4 Å². The molecule has 0 spiro atoms. The first-order valence-electron chi connectivity index (χ1n) is 11.9. The SMILES string of the molecule is NC(=O)c1cc(-c2ccnc(-c3cccc(C(=O)NC4CCCC4)c3)c2)[nH]c1N1CCNCC1. The number of primary amides is 1. The lowest BCUT2D eigenvalue weighted by molar-refractivity contribution is 0.0937. The molecule has 1 aromatic carbocycles. The summed E-state index contributed by atoms with van der Waals surface area (Å²) in [5, 5.41) is 6.47. The summed E-state index contributed by atoms with van der Waals surface area (Å²) in [4.78, 5) is 35.0. The summed E-state index contributed by atoms with van der Waals surface area (Å²) in [5.74, 6) is 0.264. The van der Waals surface area contributed by atoms with Gasteiger partial charge in [-0.15, -0.1) is 0 Å². The van der Waals surface area contributed by atoms with Crippen molar-refractivity contribution in [1.29, 1.82) is 0 Å². The molecule has 1 aliphatic heterocycles. The number of carbonyl (C=O) groups is 2. The summed E-state index contributed by atoms with van der Waals surface area (Å²) in [6.07, 6.45) is 6.19. The van der Waals surface area contributed by atoms with Crippen LogP contribution in [0.2, 0.25) is 0 Å². The van der Waals surface area contributed by atoms with Crippen molar-refractivity contribution in [3.05, 3.63) is 59.8 Å². The van der Waals surface area contributed by atoms with Gasteiger partial charge in [-0.3, -0.25) is 14.6 Å². The molecule has 176 valence electrons. The third-order valence-corrected chi connectivity index (χ3v) is 6.68. The van der Waals surface area contributed by atoms with Crippen LogP contribution in [-0.4, -0.2) is 54.0 Å². The number of pyridine rings is 1. The molecular weight excluding hydrogens is 428 g/mol. The van der Waals surface area contributed by atoms with E-state index in [1.165, 1.54) is 12.8 Å². The number of nitrogens with one attached hydrogen (secondary N) is 3. The fourth-order valence-electron chi connectivity index (χ4n) is 4.84. The standard InChI is InChI=1S/C26H30N6O2/c27-24(33)21-16-23(31-25(21)32-12-10-28-11-13-32)18-8-9-29-22(15-18)17-4-3-5-19(14-17)26(34)30-20-6-1-2-7-20/h3-5,8-9,14-16,20,28,31H,1-2,6-7,10-13H2,(H2,27,33)(H,30,34). The molecule has 34 heavy (non-hydrogen) atoms. The number of carbonyl (C=O) groups excluding carboxylic acids is 2. The van der Waals surface area contributed by atoms with E-state index in [1.807, 2.05) is 42.5 Å². The molecule has 5 N–H and O–H groups in total.